The summed E-state index contributed by atoms with van der Waals surface area (Å²) in [5, 5.41) is 6.99. The van der Waals surface area contributed by atoms with E-state index in [1.807, 2.05) is 30.3 Å². The highest BCUT2D eigenvalue weighted by Crippen LogP contribution is 2.16. The van der Waals surface area contributed by atoms with E-state index in [1.165, 1.54) is 6.07 Å². The van der Waals surface area contributed by atoms with E-state index in [0.717, 1.165) is 5.56 Å². The molecule has 0 radical (unpaired) electrons. The van der Waals surface area contributed by atoms with Gasteiger partial charge in [-0.2, -0.15) is 18.3 Å². The third kappa shape index (κ3) is 5.95. The van der Waals surface area contributed by atoms with Crippen LogP contribution in [-0.2, 0) is 17.9 Å². The Balaban J connectivity index is 1.58. The van der Waals surface area contributed by atoms with Gasteiger partial charge in [0.15, 0.2) is 5.82 Å². The molecule has 0 saturated carbocycles. The van der Waals surface area contributed by atoms with Crippen molar-refractivity contribution in [3.63, 3.8) is 0 Å². The molecule has 3 aromatic rings. The number of benzene rings is 2. The van der Waals surface area contributed by atoms with Crippen LogP contribution in [-0.4, -0.2) is 28.5 Å². The number of carbonyl (C=O) groups is 1. The molecule has 146 valence electrons. The van der Waals surface area contributed by atoms with E-state index < -0.39 is 18.7 Å². The van der Waals surface area contributed by atoms with Gasteiger partial charge in [0, 0.05) is 17.8 Å². The van der Waals surface area contributed by atoms with Gasteiger partial charge in [-0.3, -0.25) is 9.48 Å². The summed E-state index contributed by atoms with van der Waals surface area (Å²) in [6.45, 7) is -0.989. The number of rotatable bonds is 7. The fourth-order valence-corrected chi connectivity index (χ4v) is 2.56. The van der Waals surface area contributed by atoms with Crippen molar-refractivity contribution in [1.82, 2.24) is 9.78 Å². The van der Waals surface area contributed by atoms with Gasteiger partial charge in [-0.1, -0.05) is 42.5 Å². The Morgan fingerprint density at radius 1 is 1.04 bits per heavy atom. The zero-order valence-electron chi connectivity index (χ0n) is 14.8. The minimum atomic E-state index is -4.38. The molecule has 8 heteroatoms. The molecule has 1 heterocycles. The van der Waals surface area contributed by atoms with Crippen molar-refractivity contribution in [1.29, 1.82) is 0 Å². The van der Waals surface area contributed by atoms with Crippen LogP contribution < -0.4 is 5.32 Å². The third-order valence-corrected chi connectivity index (χ3v) is 3.79. The Hall–Kier alpha value is -3.13. The summed E-state index contributed by atoms with van der Waals surface area (Å²) < 4.78 is 42.8. The quantitative estimate of drug-likeness (QED) is 0.657. The fraction of sp³-hybridized carbons (Fsp3) is 0.200. The highest BCUT2D eigenvalue weighted by molar-refractivity contribution is 6.03. The number of aromatic nitrogens is 2. The summed E-state index contributed by atoms with van der Waals surface area (Å²) in [7, 11) is 0. The fourth-order valence-electron chi connectivity index (χ4n) is 2.56. The van der Waals surface area contributed by atoms with E-state index in [0.29, 0.717) is 23.5 Å². The van der Waals surface area contributed by atoms with Crippen molar-refractivity contribution < 1.29 is 22.7 Å². The minimum Gasteiger partial charge on any atom is -0.367 e. The zero-order chi connectivity index (χ0) is 20.0. The Bertz CT molecular complexity index is 924. The molecule has 1 amide bonds. The predicted octanol–water partition coefficient (Wildman–Crippen LogP) is 4.26. The number of nitrogens with one attached hydrogen (secondary N) is 1. The van der Waals surface area contributed by atoms with Crippen molar-refractivity contribution in [3.8, 4) is 0 Å². The number of anilines is 1. The van der Waals surface area contributed by atoms with Gasteiger partial charge in [-0.25, -0.2) is 0 Å². The molecule has 5 nitrogen and oxygen atoms in total. The Labute approximate surface area is 159 Å². The number of ether oxygens (including phenoxy) is 1. The molecule has 1 aromatic heterocycles. The average Bonchev–Trinajstić information content (AvgIpc) is 3.08. The van der Waals surface area contributed by atoms with E-state index in [4.69, 9.17) is 0 Å². The summed E-state index contributed by atoms with van der Waals surface area (Å²) >= 11 is 0. The Morgan fingerprint density at radius 3 is 2.54 bits per heavy atom. The first-order valence-electron chi connectivity index (χ1n) is 8.51. The van der Waals surface area contributed by atoms with Crippen LogP contribution in [0.2, 0.25) is 0 Å². The van der Waals surface area contributed by atoms with Crippen molar-refractivity contribution in [3.05, 3.63) is 83.6 Å². The van der Waals surface area contributed by atoms with Crippen LogP contribution >= 0.6 is 0 Å². The van der Waals surface area contributed by atoms with Crippen molar-refractivity contribution in [2.45, 2.75) is 19.3 Å². The minimum absolute atomic E-state index is 0.230. The summed E-state index contributed by atoms with van der Waals surface area (Å²) in [4.78, 5) is 12.4. The molecule has 0 saturated heterocycles. The predicted molar refractivity (Wildman–Crippen MR) is 97.9 cm³/mol. The third-order valence-electron chi connectivity index (χ3n) is 3.79. The number of alkyl halides is 3. The van der Waals surface area contributed by atoms with E-state index in [1.54, 1.807) is 35.1 Å². The summed E-state index contributed by atoms with van der Waals surface area (Å²) in [6, 6.07) is 17.7. The van der Waals surface area contributed by atoms with Gasteiger partial charge in [0.05, 0.1) is 13.2 Å². The van der Waals surface area contributed by atoms with Crippen molar-refractivity contribution >= 4 is 11.7 Å². The lowest BCUT2D eigenvalue weighted by atomic mass is 10.1. The second-order valence-electron chi connectivity index (χ2n) is 6.15. The second kappa shape index (κ2) is 8.71. The summed E-state index contributed by atoms with van der Waals surface area (Å²) in [6.07, 6.45) is -2.63. The molecule has 0 aliphatic rings. The smallest absolute Gasteiger partial charge is 0.367 e. The highest BCUT2D eigenvalue weighted by atomic mass is 19.4. The van der Waals surface area contributed by atoms with Crippen LogP contribution in [0.5, 0.6) is 0 Å². The number of hydrogen-bond donors (Lipinski definition) is 1. The molecular weight excluding hydrogens is 371 g/mol. The molecule has 0 atom stereocenters. The van der Waals surface area contributed by atoms with Crippen molar-refractivity contribution in [2.24, 2.45) is 0 Å². The zero-order valence-corrected chi connectivity index (χ0v) is 14.8. The van der Waals surface area contributed by atoms with Crippen molar-refractivity contribution in [2.75, 3.05) is 11.9 Å². The molecule has 0 spiro atoms. The van der Waals surface area contributed by atoms with Crippen LogP contribution in [0, 0.1) is 0 Å². The van der Waals surface area contributed by atoms with E-state index in [9.17, 15) is 18.0 Å². The number of nitrogens with zero attached hydrogens (tertiary/aromatic N) is 2. The standard InChI is InChI=1S/C20H18F3N3O2/c21-20(22,23)14-28-13-16-7-4-8-17(11-16)19(27)24-18-9-10-26(25-18)12-15-5-2-1-3-6-15/h1-11H,12-14H2,(H,24,25,27). The van der Waals surface area contributed by atoms with Gasteiger partial charge in [-0.05, 0) is 23.3 Å². The largest absolute Gasteiger partial charge is 0.411 e. The van der Waals surface area contributed by atoms with E-state index in [2.05, 4.69) is 15.2 Å². The molecule has 0 fully saturated rings. The van der Waals surface area contributed by atoms with Gasteiger partial charge in [-0.15, -0.1) is 0 Å². The first-order chi connectivity index (χ1) is 13.4. The second-order valence-corrected chi connectivity index (χ2v) is 6.15. The molecular formula is C20H18F3N3O2. The number of halogens is 3. The molecule has 0 aliphatic heterocycles. The van der Waals surface area contributed by atoms with Gasteiger partial charge >= 0.3 is 6.18 Å². The summed E-state index contributed by atoms with van der Waals surface area (Å²) in [5.41, 5.74) is 1.87. The first kappa shape index (κ1) is 19.6. The Morgan fingerprint density at radius 2 is 1.79 bits per heavy atom. The lowest BCUT2D eigenvalue weighted by molar-refractivity contribution is -0.176. The monoisotopic (exact) mass is 389 g/mol. The number of carbonyl (C=O) groups excluding carboxylic acids is 1. The summed E-state index contributed by atoms with van der Waals surface area (Å²) in [5.74, 6) is -0.0118. The first-order valence-corrected chi connectivity index (χ1v) is 8.51. The van der Waals surface area contributed by atoms with Gasteiger partial charge in [0.25, 0.3) is 5.91 Å². The molecule has 1 N–H and O–H groups in total. The van der Waals surface area contributed by atoms with Crippen LogP contribution in [0.25, 0.3) is 0 Å². The molecule has 0 aliphatic carbocycles. The maximum Gasteiger partial charge on any atom is 0.411 e. The molecule has 0 bridgehead atoms. The molecule has 0 unspecified atom stereocenters. The topological polar surface area (TPSA) is 56.2 Å². The van der Waals surface area contributed by atoms with Gasteiger partial charge in [0.2, 0.25) is 0 Å². The van der Waals surface area contributed by atoms with Gasteiger partial charge < -0.3 is 10.1 Å². The van der Waals surface area contributed by atoms with E-state index >= 15 is 0 Å². The van der Waals surface area contributed by atoms with E-state index in [-0.39, 0.29) is 6.61 Å². The molecule has 2 aromatic carbocycles. The van der Waals surface area contributed by atoms with Crippen LogP contribution in [0.3, 0.4) is 0 Å². The normalized spacial score (nSPS) is 11.4. The maximum absolute atomic E-state index is 12.4. The number of hydrogen-bond acceptors (Lipinski definition) is 3. The lowest BCUT2D eigenvalue weighted by Crippen LogP contribution is -2.17. The highest BCUT2D eigenvalue weighted by Gasteiger charge is 2.27. The van der Waals surface area contributed by atoms with Crippen LogP contribution in [0.1, 0.15) is 21.5 Å². The molecule has 3 rings (SSSR count). The van der Waals surface area contributed by atoms with Gasteiger partial charge in [0.1, 0.15) is 6.61 Å². The molecule has 28 heavy (non-hydrogen) atoms. The Kier molecular flexibility index (Phi) is 6.10. The maximum atomic E-state index is 12.4. The SMILES string of the molecule is O=C(Nc1ccn(Cc2ccccc2)n1)c1cccc(COCC(F)(F)F)c1. The van der Waals surface area contributed by atoms with Crippen LogP contribution in [0.15, 0.2) is 66.9 Å². The average molecular weight is 389 g/mol. The van der Waals surface area contributed by atoms with Crippen LogP contribution in [0.4, 0.5) is 19.0 Å². The lowest BCUT2D eigenvalue weighted by Gasteiger charge is -2.09. The number of amides is 1.